The van der Waals surface area contributed by atoms with E-state index in [0.717, 1.165) is 0 Å². The van der Waals surface area contributed by atoms with Crippen LogP contribution >= 0.6 is 11.6 Å². The standard InChI is InChI=1S/C12H8ClNO/c13-8-3-5-10-4-1-2-6-11(10)12(15)7-9-14/h1-2,4,6H,7-8H2. The van der Waals surface area contributed by atoms with E-state index in [1.54, 1.807) is 24.3 Å². The molecule has 0 spiro atoms. The second kappa shape index (κ2) is 5.86. The lowest BCUT2D eigenvalue weighted by Crippen LogP contribution is -2.00. The first-order chi connectivity index (χ1) is 7.29. The Kier molecular flexibility index (Phi) is 4.41. The maximum atomic E-state index is 11.5. The zero-order chi connectivity index (χ0) is 11.1. The zero-order valence-electron chi connectivity index (χ0n) is 7.96. The van der Waals surface area contributed by atoms with Gasteiger partial charge in [-0.15, -0.1) is 11.6 Å². The molecule has 0 aliphatic carbocycles. The Labute approximate surface area is 93.5 Å². The molecule has 0 atom stereocenters. The van der Waals surface area contributed by atoms with Gasteiger partial charge in [0.1, 0.15) is 0 Å². The minimum absolute atomic E-state index is 0.125. The van der Waals surface area contributed by atoms with Gasteiger partial charge in [-0.1, -0.05) is 30.0 Å². The minimum atomic E-state index is -0.211. The van der Waals surface area contributed by atoms with Crippen molar-refractivity contribution in [3.63, 3.8) is 0 Å². The number of rotatable bonds is 2. The van der Waals surface area contributed by atoms with Crippen molar-refractivity contribution in [1.82, 2.24) is 0 Å². The molecule has 0 unspecified atom stereocenters. The van der Waals surface area contributed by atoms with Crippen LogP contribution in [0.15, 0.2) is 24.3 Å². The van der Waals surface area contributed by atoms with Gasteiger partial charge in [-0.05, 0) is 6.07 Å². The SMILES string of the molecule is N#CCC(=O)c1ccccc1C#CCCl. The molecule has 1 aromatic carbocycles. The summed E-state index contributed by atoms with van der Waals surface area (Å²) in [6, 6.07) is 8.77. The molecular weight excluding hydrogens is 210 g/mol. The molecule has 74 valence electrons. The first-order valence-corrected chi connectivity index (χ1v) is 4.87. The first-order valence-electron chi connectivity index (χ1n) is 4.33. The number of benzene rings is 1. The highest BCUT2D eigenvalue weighted by Gasteiger charge is 2.08. The van der Waals surface area contributed by atoms with Crippen molar-refractivity contribution in [3.05, 3.63) is 35.4 Å². The van der Waals surface area contributed by atoms with Gasteiger partial charge in [-0.3, -0.25) is 4.79 Å². The molecule has 0 saturated heterocycles. The number of alkyl halides is 1. The summed E-state index contributed by atoms with van der Waals surface area (Å²) in [4.78, 5) is 11.5. The molecule has 15 heavy (non-hydrogen) atoms. The van der Waals surface area contributed by atoms with Gasteiger partial charge in [-0.25, -0.2) is 0 Å². The van der Waals surface area contributed by atoms with Gasteiger partial charge in [0.2, 0.25) is 0 Å². The number of hydrogen-bond acceptors (Lipinski definition) is 2. The van der Waals surface area contributed by atoms with Crippen LogP contribution < -0.4 is 0 Å². The molecule has 0 saturated carbocycles. The number of nitrogens with zero attached hydrogens (tertiary/aromatic N) is 1. The van der Waals surface area contributed by atoms with Crippen LogP contribution in [0.4, 0.5) is 0 Å². The number of carbonyl (C=O) groups excluding carboxylic acids is 1. The smallest absolute Gasteiger partial charge is 0.178 e. The molecule has 0 aliphatic rings. The van der Waals surface area contributed by atoms with E-state index in [-0.39, 0.29) is 18.1 Å². The Balaban J connectivity index is 3.07. The lowest BCUT2D eigenvalue weighted by molar-refractivity contribution is 0.0997. The number of hydrogen-bond donors (Lipinski definition) is 0. The molecule has 1 aromatic rings. The number of carbonyl (C=O) groups is 1. The summed E-state index contributed by atoms with van der Waals surface area (Å²) in [5.74, 6) is 5.48. The molecule has 0 N–H and O–H groups in total. The predicted octanol–water partition coefficient (Wildman–Crippen LogP) is 2.37. The maximum absolute atomic E-state index is 11.5. The summed E-state index contributed by atoms with van der Waals surface area (Å²) in [6.07, 6.45) is -0.125. The summed E-state index contributed by atoms with van der Waals surface area (Å²) >= 11 is 5.43. The van der Waals surface area contributed by atoms with E-state index in [9.17, 15) is 4.79 Å². The fraction of sp³-hybridized carbons (Fsp3) is 0.167. The van der Waals surface area contributed by atoms with Crippen molar-refractivity contribution < 1.29 is 4.79 Å². The molecule has 0 bridgehead atoms. The lowest BCUT2D eigenvalue weighted by Gasteiger charge is -1.99. The summed E-state index contributed by atoms with van der Waals surface area (Å²) in [5, 5.41) is 8.44. The number of ketones is 1. The van der Waals surface area contributed by atoms with Crippen molar-refractivity contribution in [2.45, 2.75) is 6.42 Å². The quantitative estimate of drug-likeness (QED) is 0.434. The van der Waals surface area contributed by atoms with Gasteiger partial charge < -0.3 is 0 Å². The predicted molar refractivity (Wildman–Crippen MR) is 58.6 cm³/mol. The van der Waals surface area contributed by atoms with Gasteiger partial charge in [0, 0.05) is 11.1 Å². The Morgan fingerprint density at radius 3 is 2.80 bits per heavy atom. The van der Waals surface area contributed by atoms with Crippen LogP contribution in [0.2, 0.25) is 0 Å². The normalized spacial score (nSPS) is 8.53. The topological polar surface area (TPSA) is 40.9 Å². The van der Waals surface area contributed by atoms with Gasteiger partial charge >= 0.3 is 0 Å². The van der Waals surface area contributed by atoms with Crippen molar-refractivity contribution in [2.75, 3.05) is 5.88 Å². The summed E-state index contributed by atoms with van der Waals surface area (Å²) in [6.45, 7) is 0. The van der Waals surface area contributed by atoms with E-state index in [0.29, 0.717) is 11.1 Å². The van der Waals surface area contributed by atoms with E-state index in [4.69, 9.17) is 16.9 Å². The van der Waals surface area contributed by atoms with E-state index in [1.165, 1.54) is 0 Å². The van der Waals surface area contributed by atoms with Crippen LogP contribution in [-0.2, 0) is 0 Å². The van der Waals surface area contributed by atoms with E-state index in [1.807, 2.05) is 6.07 Å². The van der Waals surface area contributed by atoms with Crippen LogP contribution in [0.1, 0.15) is 22.3 Å². The van der Waals surface area contributed by atoms with Crippen molar-refractivity contribution >= 4 is 17.4 Å². The fourth-order valence-corrected chi connectivity index (χ4v) is 1.20. The molecule has 0 heterocycles. The van der Waals surface area contributed by atoms with Gasteiger partial charge in [0.25, 0.3) is 0 Å². The highest BCUT2D eigenvalue weighted by Crippen LogP contribution is 2.09. The van der Waals surface area contributed by atoms with Crippen molar-refractivity contribution in [2.24, 2.45) is 0 Å². The molecule has 0 aromatic heterocycles. The van der Waals surface area contributed by atoms with Crippen LogP contribution in [0.25, 0.3) is 0 Å². The van der Waals surface area contributed by atoms with Gasteiger partial charge in [0.05, 0.1) is 18.4 Å². The van der Waals surface area contributed by atoms with Crippen LogP contribution in [-0.4, -0.2) is 11.7 Å². The van der Waals surface area contributed by atoms with Crippen LogP contribution in [0.3, 0.4) is 0 Å². The molecular formula is C12H8ClNO. The van der Waals surface area contributed by atoms with E-state index < -0.39 is 0 Å². The molecule has 2 nitrogen and oxygen atoms in total. The average molecular weight is 218 g/mol. The Morgan fingerprint density at radius 2 is 2.13 bits per heavy atom. The zero-order valence-corrected chi connectivity index (χ0v) is 8.71. The van der Waals surface area contributed by atoms with Crippen LogP contribution in [0, 0.1) is 23.2 Å². The number of Topliss-reactive ketones (excluding diaryl/α,β-unsaturated/α-hetero) is 1. The Bertz CT molecular complexity index is 462. The average Bonchev–Trinajstić information content (AvgIpc) is 2.27. The molecule has 0 fully saturated rings. The lowest BCUT2D eigenvalue weighted by atomic mass is 10.0. The minimum Gasteiger partial charge on any atom is -0.293 e. The second-order valence-electron chi connectivity index (χ2n) is 2.74. The molecule has 3 heteroatoms. The Hall–Kier alpha value is -1.77. The third kappa shape index (κ3) is 3.13. The monoisotopic (exact) mass is 217 g/mol. The maximum Gasteiger partial charge on any atom is 0.178 e. The molecule has 0 amide bonds. The molecule has 0 radical (unpaired) electrons. The first kappa shape index (κ1) is 11.3. The van der Waals surface area contributed by atoms with E-state index in [2.05, 4.69) is 11.8 Å². The number of halogens is 1. The van der Waals surface area contributed by atoms with Crippen molar-refractivity contribution in [3.8, 4) is 17.9 Å². The van der Waals surface area contributed by atoms with E-state index >= 15 is 0 Å². The number of nitriles is 1. The van der Waals surface area contributed by atoms with Gasteiger partial charge in [0.15, 0.2) is 5.78 Å². The molecule has 0 aliphatic heterocycles. The third-order valence-electron chi connectivity index (χ3n) is 1.76. The summed E-state index contributed by atoms with van der Waals surface area (Å²) in [5.41, 5.74) is 1.11. The fourth-order valence-electron chi connectivity index (χ4n) is 1.13. The largest absolute Gasteiger partial charge is 0.293 e. The van der Waals surface area contributed by atoms with Crippen LogP contribution in [0.5, 0.6) is 0 Å². The second-order valence-corrected chi connectivity index (χ2v) is 3.01. The summed E-state index contributed by atoms with van der Waals surface area (Å²) in [7, 11) is 0. The van der Waals surface area contributed by atoms with Crippen molar-refractivity contribution in [1.29, 1.82) is 5.26 Å². The Morgan fingerprint density at radius 1 is 1.40 bits per heavy atom. The molecule has 1 rings (SSSR count). The highest BCUT2D eigenvalue weighted by molar-refractivity contribution is 6.19. The highest BCUT2D eigenvalue weighted by atomic mass is 35.5. The van der Waals surface area contributed by atoms with Gasteiger partial charge in [-0.2, -0.15) is 5.26 Å². The third-order valence-corrected chi connectivity index (χ3v) is 1.89. The summed E-state index contributed by atoms with van der Waals surface area (Å²) < 4.78 is 0.